The van der Waals surface area contributed by atoms with E-state index in [1.807, 2.05) is 11.0 Å². The highest BCUT2D eigenvalue weighted by Gasteiger charge is 2.24. The van der Waals surface area contributed by atoms with Gasteiger partial charge in [0.25, 0.3) is 0 Å². The van der Waals surface area contributed by atoms with E-state index in [0.717, 1.165) is 5.56 Å². The molecule has 0 unspecified atom stereocenters. The fraction of sp³-hybridized carbons (Fsp3) is 0.310. The Morgan fingerprint density at radius 2 is 1.68 bits per heavy atom. The summed E-state index contributed by atoms with van der Waals surface area (Å²) >= 11 is 0. The molecule has 0 bridgehead atoms. The van der Waals surface area contributed by atoms with E-state index in [4.69, 9.17) is 19.2 Å². The van der Waals surface area contributed by atoms with Crippen LogP contribution in [0.4, 0.5) is 8.78 Å². The Labute approximate surface area is 232 Å². The number of hydrogen-bond donors (Lipinski definition) is 2. The Hall–Kier alpha value is -3.35. The molecule has 1 fully saturated rings. The molecule has 4 aromatic rings. The minimum absolute atomic E-state index is 0.0472. The summed E-state index contributed by atoms with van der Waals surface area (Å²) in [5.74, 6) is 0.190. The lowest BCUT2D eigenvalue weighted by atomic mass is 10.0. The van der Waals surface area contributed by atoms with Gasteiger partial charge in [-0.1, -0.05) is 12.1 Å². The molecule has 0 aliphatic carbocycles. The van der Waals surface area contributed by atoms with Crippen LogP contribution in [-0.2, 0) is 11.3 Å². The molecular formula is C29H31F2N3O5S. The molecule has 40 heavy (non-hydrogen) atoms. The van der Waals surface area contributed by atoms with Gasteiger partial charge in [0, 0.05) is 43.4 Å². The van der Waals surface area contributed by atoms with Crippen LogP contribution in [0.25, 0.3) is 33.4 Å². The Bertz CT molecular complexity index is 1490. The van der Waals surface area contributed by atoms with Crippen LogP contribution < -0.4 is 9.47 Å². The maximum atomic E-state index is 15.3. The molecule has 212 valence electrons. The second-order valence-electron chi connectivity index (χ2n) is 9.54. The first kappa shape index (κ1) is 28.2. The number of halogens is 2. The monoisotopic (exact) mass is 571 g/mol. The number of hydrogen-bond acceptors (Lipinski definition) is 8. The number of aromatic nitrogens is 2. The third kappa shape index (κ3) is 6.18. The lowest BCUT2D eigenvalue weighted by Gasteiger charge is -2.41. The predicted octanol–water partition coefficient (Wildman–Crippen LogP) is 5.84. The van der Waals surface area contributed by atoms with Crippen LogP contribution in [0.2, 0.25) is 0 Å². The molecule has 0 saturated carbocycles. The number of methoxy groups -OCH3 is 2. The molecule has 0 spiro atoms. The van der Waals surface area contributed by atoms with Crippen LogP contribution in [0.5, 0.6) is 11.5 Å². The van der Waals surface area contributed by atoms with Crippen LogP contribution in [0.1, 0.15) is 5.56 Å². The smallest absolute Gasteiger partial charge is 0.161 e. The van der Waals surface area contributed by atoms with Crippen molar-refractivity contribution in [3.63, 3.8) is 0 Å². The number of nitrogens with zero attached hydrogens (tertiary/aromatic N) is 3. The van der Waals surface area contributed by atoms with Crippen molar-refractivity contribution in [2.45, 2.75) is 6.54 Å². The highest BCUT2D eigenvalue weighted by Crippen LogP contribution is 2.41. The van der Waals surface area contributed by atoms with Crippen molar-refractivity contribution in [3.05, 3.63) is 71.9 Å². The van der Waals surface area contributed by atoms with Crippen LogP contribution >= 0.6 is 10.6 Å². The van der Waals surface area contributed by atoms with Crippen molar-refractivity contribution in [2.75, 3.05) is 52.0 Å². The zero-order valence-corrected chi connectivity index (χ0v) is 23.1. The first-order valence-corrected chi connectivity index (χ1v) is 14.7. The second-order valence-corrected chi connectivity index (χ2v) is 12.0. The van der Waals surface area contributed by atoms with Crippen LogP contribution in [0.15, 0.2) is 54.7 Å². The van der Waals surface area contributed by atoms with E-state index in [2.05, 4.69) is 4.98 Å². The van der Waals surface area contributed by atoms with Gasteiger partial charge in [-0.3, -0.25) is 19.0 Å². The first-order chi connectivity index (χ1) is 19.3. The second kappa shape index (κ2) is 12.0. The topological polar surface area (TPSA) is 97.2 Å². The fourth-order valence-corrected chi connectivity index (χ4v) is 5.95. The molecule has 1 aliphatic heterocycles. The number of ether oxygens (including phenoxy) is 3. The molecule has 0 radical (unpaired) electrons. The van der Waals surface area contributed by atoms with Crippen molar-refractivity contribution >= 4 is 21.6 Å². The summed E-state index contributed by atoms with van der Waals surface area (Å²) in [6.07, 6.45) is 1.64. The summed E-state index contributed by atoms with van der Waals surface area (Å²) in [4.78, 5) is 11.2. The molecule has 0 amide bonds. The van der Waals surface area contributed by atoms with E-state index in [0.29, 0.717) is 65.7 Å². The minimum Gasteiger partial charge on any atom is -0.493 e. The summed E-state index contributed by atoms with van der Waals surface area (Å²) < 4.78 is 66.4. The van der Waals surface area contributed by atoms with Crippen LogP contribution in [-0.4, -0.2) is 76.0 Å². The predicted molar refractivity (Wildman–Crippen MR) is 152 cm³/mol. The highest BCUT2D eigenvalue weighted by molar-refractivity contribution is 8.24. The van der Waals surface area contributed by atoms with Crippen molar-refractivity contribution in [1.29, 1.82) is 0 Å². The quantitative estimate of drug-likeness (QED) is 0.242. The first-order valence-electron chi connectivity index (χ1n) is 12.8. The number of para-hydroxylation sites is 1. The van der Waals surface area contributed by atoms with Crippen molar-refractivity contribution < 1.29 is 32.1 Å². The Morgan fingerprint density at radius 3 is 2.38 bits per heavy atom. The van der Waals surface area contributed by atoms with Crippen molar-refractivity contribution in [2.24, 2.45) is 0 Å². The van der Waals surface area contributed by atoms with Crippen LogP contribution in [0, 0.1) is 11.6 Å². The molecule has 3 aromatic carbocycles. The average molecular weight is 572 g/mol. The Morgan fingerprint density at radius 1 is 0.925 bits per heavy atom. The Kier molecular flexibility index (Phi) is 8.48. The van der Waals surface area contributed by atoms with Crippen LogP contribution in [0.3, 0.4) is 0 Å². The van der Waals surface area contributed by atoms with E-state index in [9.17, 15) is 9.11 Å². The molecule has 5 rings (SSSR count). The van der Waals surface area contributed by atoms with E-state index >= 15 is 8.78 Å². The SMILES string of the molecule is COCCOc1ccc(-c2cnc3cccc(-c4cc(F)c(CN5CCS(O)(O)CC5)c(F)c4)c3n2)cc1OC. The zero-order valence-electron chi connectivity index (χ0n) is 22.3. The fourth-order valence-electron chi connectivity index (χ4n) is 4.64. The summed E-state index contributed by atoms with van der Waals surface area (Å²) in [5, 5.41) is 0. The molecule has 1 aromatic heterocycles. The molecular weight excluding hydrogens is 540 g/mol. The van der Waals surface area contributed by atoms with Gasteiger partial charge in [-0.2, -0.15) is 10.6 Å². The van der Waals surface area contributed by atoms with Gasteiger partial charge >= 0.3 is 0 Å². The lowest BCUT2D eigenvalue weighted by molar-refractivity contribution is 0.144. The lowest BCUT2D eigenvalue weighted by Crippen LogP contribution is -2.38. The molecule has 11 heteroatoms. The minimum atomic E-state index is -2.59. The van der Waals surface area contributed by atoms with E-state index < -0.39 is 22.2 Å². The van der Waals surface area contributed by atoms with Gasteiger partial charge in [0.05, 0.1) is 48.1 Å². The van der Waals surface area contributed by atoms with Crippen molar-refractivity contribution in [3.8, 4) is 33.9 Å². The van der Waals surface area contributed by atoms with Gasteiger partial charge in [0.15, 0.2) is 11.5 Å². The van der Waals surface area contributed by atoms with Crippen molar-refractivity contribution in [1.82, 2.24) is 14.9 Å². The number of rotatable bonds is 9. The maximum Gasteiger partial charge on any atom is 0.161 e. The third-order valence-electron chi connectivity index (χ3n) is 6.88. The number of benzene rings is 3. The van der Waals surface area contributed by atoms with Gasteiger partial charge in [-0.05, 0) is 42.0 Å². The standard InChI is InChI=1S/C29H31F2N3O5S/c1-37-10-11-39-27-7-6-19(16-28(27)38-2)26-17-32-25-5-3-4-21(29(25)33-26)20-14-23(30)22(24(31)15-20)18-34-8-12-40(35,36)13-9-34/h3-7,14-17,35-36H,8-13,18H2,1-2H3. The highest BCUT2D eigenvalue weighted by atomic mass is 32.3. The van der Waals surface area contributed by atoms with Gasteiger partial charge in [-0.25, -0.2) is 13.8 Å². The number of fused-ring (bicyclic) bond motifs is 1. The molecule has 8 nitrogen and oxygen atoms in total. The molecule has 2 heterocycles. The summed E-state index contributed by atoms with van der Waals surface area (Å²) in [7, 11) is 0.567. The summed E-state index contributed by atoms with van der Waals surface area (Å²) in [6.45, 7) is 1.62. The molecule has 1 saturated heterocycles. The van der Waals surface area contributed by atoms with E-state index in [-0.39, 0.29) is 23.6 Å². The maximum absolute atomic E-state index is 15.3. The summed E-state index contributed by atoms with van der Waals surface area (Å²) in [6, 6.07) is 13.4. The zero-order chi connectivity index (χ0) is 28.3. The third-order valence-corrected chi connectivity index (χ3v) is 8.55. The van der Waals surface area contributed by atoms with Gasteiger partial charge in [0.2, 0.25) is 0 Å². The van der Waals surface area contributed by atoms with Gasteiger partial charge < -0.3 is 14.2 Å². The average Bonchev–Trinajstić information content (AvgIpc) is 2.95. The van der Waals surface area contributed by atoms with Gasteiger partial charge in [0.1, 0.15) is 18.2 Å². The Balaban J connectivity index is 1.45. The molecule has 2 N–H and O–H groups in total. The van der Waals surface area contributed by atoms with Gasteiger partial charge in [-0.15, -0.1) is 0 Å². The molecule has 0 atom stereocenters. The van der Waals surface area contributed by atoms with E-state index in [1.165, 1.54) is 12.1 Å². The van der Waals surface area contributed by atoms with E-state index in [1.54, 1.807) is 50.7 Å². The molecule has 1 aliphatic rings. The normalized spacial score (nSPS) is 16.1. The summed E-state index contributed by atoms with van der Waals surface area (Å²) in [5.41, 5.74) is 3.25. The largest absolute Gasteiger partial charge is 0.493 e.